The molecule has 0 aliphatic rings. The molecule has 0 saturated carbocycles. The van der Waals surface area contributed by atoms with E-state index in [0.29, 0.717) is 17.2 Å². The summed E-state index contributed by atoms with van der Waals surface area (Å²) in [7, 11) is 3.51. The fourth-order valence-corrected chi connectivity index (χ4v) is 2.18. The number of nitrogens with zero attached hydrogens (tertiary/aromatic N) is 3. The number of halogens is 3. The first kappa shape index (κ1) is 18.5. The zero-order chi connectivity index (χ0) is 18.6. The second kappa shape index (κ2) is 7.37. The van der Waals surface area contributed by atoms with Crippen LogP contribution in [0.5, 0.6) is 0 Å². The maximum Gasteiger partial charge on any atom is 0.393 e. The molecule has 0 aliphatic heterocycles. The molecule has 0 radical (unpaired) electrons. The standard InChI is InChI=1S/C16H18F3N5O/c1-10-7-13(14(23-22-10)24(2)3)21-15(25)20-12-6-4-5-11(8-12)9-16(17,18)19/h4-8H,9H2,1-3H3,(H2,20,21,22,25). The van der Waals surface area contributed by atoms with E-state index < -0.39 is 18.6 Å². The molecule has 0 unspecified atom stereocenters. The van der Waals surface area contributed by atoms with Gasteiger partial charge in [-0.05, 0) is 30.7 Å². The highest BCUT2D eigenvalue weighted by Gasteiger charge is 2.27. The van der Waals surface area contributed by atoms with E-state index in [4.69, 9.17) is 0 Å². The highest BCUT2D eigenvalue weighted by Crippen LogP contribution is 2.24. The Morgan fingerprint density at radius 1 is 1.16 bits per heavy atom. The van der Waals surface area contributed by atoms with Crippen molar-refractivity contribution in [2.24, 2.45) is 0 Å². The minimum Gasteiger partial charge on any atom is -0.360 e. The summed E-state index contributed by atoms with van der Waals surface area (Å²) < 4.78 is 37.4. The summed E-state index contributed by atoms with van der Waals surface area (Å²) in [4.78, 5) is 13.8. The van der Waals surface area contributed by atoms with Crippen LogP contribution in [0.3, 0.4) is 0 Å². The summed E-state index contributed by atoms with van der Waals surface area (Å²) in [5.41, 5.74) is 1.40. The maximum atomic E-state index is 12.5. The summed E-state index contributed by atoms with van der Waals surface area (Å²) in [6, 6.07) is 6.69. The predicted molar refractivity (Wildman–Crippen MR) is 89.9 cm³/mol. The van der Waals surface area contributed by atoms with Gasteiger partial charge >= 0.3 is 12.2 Å². The third kappa shape index (κ3) is 5.63. The number of benzene rings is 1. The van der Waals surface area contributed by atoms with Crippen molar-refractivity contribution >= 4 is 23.2 Å². The zero-order valence-electron chi connectivity index (χ0n) is 14.0. The Balaban J connectivity index is 2.11. The predicted octanol–water partition coefficient (Wildman–Crippen LogP) is 3.60. The van der Waals surface area contributed by atoms with Gasteiger partial charge in [-0.15, -0.1) is 5.10 Å². The molecule has 2 N–H and O–H groups in total. The lowest BCUT2D eigenvalue weighted by Gasteiger charge is -2.16. The fourth-order valence-electron chi connectivity index (χ4n) is 2.18. The van der Waals surface area contributed by atoms with Gasteiger partial charge in [0.25, 0.3) is 0 Å². The average Bonchev–Trinajstić information content (AvgIpc) is 2.45. The van der Waals surface area contributed by atoms with Crippen LogP contribution < -0.4 is 15.5 Å². The van der Waals surface area contributed by atoms with Gasteiger partial charge in [-0.25, -0.2) is 4.79 Å². The lowest BCUT2D eigenvalue weighted by molar-refractivity contribution is -0.127. The van der Waals surface area contributed by atoms with E-state index in [0.717, 1.165) is 0 Å². The molecule has 0 spiro atoms. The number of anilines is 3. The van der Waals surface area contributed by atoms with Crippen molar-refractivity contribution in [1.29, 1.82) is 0 Å². The Morgan fingerprint density at radius 2 is 1.88 bits per heavy atom. The maximum absolute atomic E-state index is 12.5. The van der Waals surface area contributed by atoms with Crippen LogP contribution in [0, 0.1) is 6.92 Å². The molecule has 2 amide bonds. The van der Waals surface area contributed by atoms with E-state index >= 15 is 0 Å². The van der Waals surface area contributed by atoms with Crippen molar-refractivity contribution in [2.75, 3.05) is 29.6 Å². The Labute approximate surface area is 143 Å². The third-order valence-electron chi connectivity index (χ3n) is 3.16. The van der Waals surface area contributed by atoms with Crippen LogP contribution in [0.1, 0.15) is 11.3 Å². The minimum absolute atomic E-state index is 0.0701. The second-order valence-corrected chi connectivity index (χ2v) is 5.69. The van der Waals surface area contributed by atoms with E-state index in [1.165, 1.54) is 24.3 Å². The number of carbonyl (C=O) groups excluding carboxylic acids is 1. The number of amides is 2. The Kier molecular flexibility index (Phi) is 5.45. The monoisotopic (exact) mass is 353 g/mol. The van der Waals surface area contributed by atoms with Crippen LogP contribution in [-0.4, -0.2) is 36.5 Å². The summed E-state index contributed by atoms with van der Waals surface area (Å²) >= 11 is 0. The number of hydrogen-bond donors (Lipinski definition) is 2. The van der Waals surface area contributed by atoms with Gasteiger partial charge in [0.15, 0.2) is 5.82 Å². The molecule has 9 heteroatoms. The lowest BCUT2D eigenvalue weighted by Crippen LogP contribution is -2.23. The van der Waals surface area contributed by atoms with Crippen molar-refractivity contribution in [3.05, 3.63) is 41.6 Å². The fraction of sp³-hybridized carbons (Fsp3) is 0.312. The molecule has 0 atom stereocenters. The van der Waals surface area contributed by atoms with Crippen LogP contribution in [-0.2, 0) is 6.42 Å². The Morgan fingerprint density at radius 3 is 2.52 bits per heavy atom. The van der Waals surface area contributed by atoms with Gasteiger partial charge in [-0.1, -0.05) is 12.1 Å². The molecule has 25 heavy (non-hydrogen) atoms. The first-order valence-electron chi connectivity index (χ1n) is 7.39. The molecule has 6 nitrogen and oxygen atoms in total. The number of nitrogens with one attached hydrogen (secondary N) is 2. The number of rotatable bonds is 4. The number of aryl methyl sites for hydroxylation is 1. The van der Waals surface area contributed by atoms with Gasteiger partial charge in [0.1, 0.15) is 0 Å². The van der Waals surface area contributed by atoms with Crippen LogP contribution >= 0.6 is 0 Å². The molecule has 0 fully saturated rings. The summed E-state index contributed by atoms with van der Waals surface area (Å²) in [5, 5.41) is 13.1. The quantitative estimate of drug-likeness (QED) is 0.881. The van der Waals surface area contributed by atoms with E-state index in [9.17, 15) is 18.0 Å². The number of urea groups is 1. The van der Waals surface area contributed by atoms with E-state index in [1.54, 1.807) is 32.0 Å². The molecule has 2 rings (SSSR count). The molecule has 1 aromatic carbocycles. The first-order chi connectivity index (χ1) is 11.6. The van der Waals surface area contributed by atoms with Crippen LogP contribution in [0.15, 0.2) is 30.3 Å². The second-order valence-electron chi connectivity index (χ2n) is 5.69. The van der Waals surface area contributed by atoms with Gasteiger partial charge in [0, 0.05) is 19.8 Å². The van der Waals surface area contributed by atoms with Gasteiger partial charge in [-0.2, -0.15) is 18.3 Å². The number of aromatic nitrogens is 2. The van der Waals surface area contributed by atoms with Gasteiger partial charge in [0.2, 0.25) is 0 Å². The van der Waals surface area contributed by atoms with Crippen molar-refractivity contribution in [3.63, 3.8) is 0 Å². The number of carbonyl (C=O) groups is 1. The Hall–Kier alpha value is -2.84. The van der Waals surface area contributed by atoms with E-state index in [1.807, 2.05) is 0 Å². The van der Waals surface area contributed by atoms with Crippen molar-refractivity contribution in [3.8, 4) is 0 Å². The van der Waals surface area contributed by atoms with E-state index in [-0.39, 0.29) is 11.3 Å². The molecule has 0 aliphatic carbocycles. The number of hydrogen-bond acceptors (Lipinski definition) is 4. The lowest BCUT2D eigenvalue weighted by atomic mass is 10.1. The molecule has 2 aromatic rings. The molecule has 134 valence electrons. The van der Waals surface area contributed by atoms with Crippen molar-refractivity contribution in [2.45, 2.75) is 19.5 Å². The summed E-state index contributed by atoms with van der Waals surface area (Å²) in [5.74, 6) is 0.464. The average molecular weight is 353 g/mol. The summed E-state index contributed by atoms with van der Waals surface area (Å²) in [6.45, 7) is 1.73. The first-order valence-corrected chi connectivity index (χ1v) is 7.39. The normalized spacial score (nSPS) is 11.1. The third-order valence-corrected chi connectivity index (χ3v) is 3.16. The number of alkyl halides is 3. The minimum atomic E-state index is -4.30. The molecule has 0 saturated heterocycles. The molecular weight excluding hydrogens is 335 g/mol. The molecule has 0 bridgehead atoms. The van der Waals surface area contributed by atoms with Crippen LogP contribution in [0.2, 0.25) is 0 Å². The van der Waals surface area contributed by atoms with Crippen LogP contribution in [0.25, 0.3) is 0 Å². The van der Waals surface area contributed by atoms with Gasteiger partial charge in [-0.3, -0.25) is 0 Å². The highest BCUT2D eigenvalue weighted by molar-refractivity contribution is 6.01. The topological polar surface area (TPSA) is 70.2 Å². The molecular formula is C16H18F3N5O. The summed E-state index contributed by atoms with van der Waals surface area (Å²) in [6.07, 6.45) is -5.36. The largest absolute Gasteiger partial charge is 0.393 e. The van der Waals surface area contributed by atoms with Crippen LogP contribution in [0.4, 0.5) is 35.2 Å². The zero-order valence-corrected chi connectivity index (χ0v) is 14.0. The molecule has 1 heterocycles. The smallest absolute Gasteiger partial charge is 0.360 e. The van der Waals surface area contributed by atoms with E-state index in [2.05, 4.69) is 20.8 Å². The van der Waals surface area contributed by atoms with Crippen molar-refractivity contribution in [1.82, 2.24) is 10.2 Å². The molecule has 1 aromatic heterocycles. The highest BCUT2D eigenvalue weighted by atomic mass is 19.4. The van der Waals surface area contributed by atoms with Gasteiger partial charge < -0.3 is 15.5 Å². The SMILES string of the molecule is Cc1cc(NC(=O)Nc2cccc(CC(F)(F)F)c2)c(N(C)C)nn1. The Bertz CT molecular complexity index is 762. The van der Waals surface area contributed by atoms with Crippen molar-refractivity contribution < 1.29 is 18.0 Å². The van der Waals surface area contributed by atoms with Gasteiger partial charge in [0.05, 0.1) is 17.8 Å².